The first-order valence-electron chi connectivity index (χ1n) is 12.2. The Balaban J connectivity index is 1.15. The molecule has 2 N–H and O–H groups in total. The normalized spacial score (nSPS) is 23.3. The lowest BCUT2D eigenvalue weighted by molar-refractivity contribution is -0.00562. The van der Waals surface area contributed by atoms with Crippen molar-refractivity contribution >= 4 is 16.8 Å². The van der Waals surface area contributed by atoms with Crippen molar-refractivity contribution in [3.05, 3.63) is 66.1 Å². The van der Waals surface area contributed by atoms with Gasteiger partial charge in [0.2, 0.25) is 0 Å². The van der Waals surface area contributed by atoms with Gasteiger partial charge in [0.25, 0.3) is 5.91 Å². The highest BCUT2D eigenvalue weighted by molar-refractivity contribution is 5.94. The average Bonchev–Trinajstić information content (AvgIpc) is 3.53. The molecule has 3 aliphatic rings. The fraction of sp³-hybridized carbons (Fsp3) is 0.370. The van der Waals surface area contributed by atoms with Crippen LogP contribution in [0.1, 0.15) is 48.9 Å². The van der Waals surface area contributed by atoms with E-state index in [1.54, 1.807) is 4.68 Å². The number of nitrogens with one attached hydrogen (secondary N) is 1. The summed E-state index contributed by atoms with van der Waals surface area (Å²) in [6.45, 7) is 0.460. The van der Waals surface area contributed by atoms with Crippen molar-refractivity contribution in [1.29, 1.82) is 0 Å². The van der Waals surface area contributed by atoms with Crippen molar-refractivity contribution in [3.8, 4) is 16.9 Å². The summed E-state index contributed by atoms with van der Waals surface area (Å²) in [5.41, 5.74) is 2.94. The van der Waals surface area contributed by atoms with E-state index in [2.05, 4.69) is 39.5 Å². The smallest absolute Gasteiger partial charge is 0.251 e. The summed E-state index contributed by atoms with van der Waals surface area (Å²) in [5.74, 6) is -3.89. The molecule has 186 valence electrons. The van der Waals surface area contributed by atoms with Crippen molar-refractivity contribution < 1.29 is 18.7 Å². The number of hydrogen-bond donors (Lipinski definition) is 2. The Hall–Kier alpha value is -3.75. The minimum Gasteiger partial charge on any atom is -0.503 e. The Bertz CT molecular complexity index is 1440. The second-order valence-electron chi connectivity index (χ2n) is 10.4. The minimum atomic E-state index is -1.14. The number of halogens is 2. The van der Waals surface area contributed by atoms with Crippen LogP contribution in [0.5, 0.6) is 5.75 Å². The molecule has 0 spiro atoms. The van der Waals surface area contributed by atoms with Crippen LogP contribution in [-0.2, 0) is 12.6 Å². The van der Waals surface area contributed by atoms with Crippen LogP contribution in [0.3, 0.4) is 0 Å². The summed E-state index contributed by atoms with van der Waals surface area (Å²) in [4.78, 5) is 12.5. The van der Waals surface area contributed by atoms with Crippen molar-refractivity contribution in [1.82, 2.24) is 24.9 Å². The van der Waals surface area contributed by atoms with Crippen LogP contribution in [0.2, 0.25) is 0 Å². The number of nitrogens with zero attached hydrogens (tertiary/aromatic N) is 4. The summed E-state index contributed by atoms with van der Waals surface area (Å²) >= 11 is 0. The molecule has 0 aliphatic heterocycles. The van der Waals surface area contributed by atoms with Crippen LogP contribution < -0.4 is 5.32 Å². The maximum Gasteiger partial charge on any atom is 0.251 e. The molecule has 3 aliphatic carbocycles. The molecule has 3 saturated carbocycles. The molecule has 9 heteroatoms. The van der Waals surface area contributed by atoms with Gasteiger partial charge in [0.05, 0.1) is 17.3 Å². The number of carbonyl (C=O) groups is 1. The molecule has 1 amide bonds. The molecule has 3 fully saturated rings. The molecule has 4 aromatic rings. The third-order valence-corrected chi connectivity index (χ3v) is 8.30. The minimum absolute atomic E-state index is 0.0223. The predicted octanol–water partition coefficient (Wildman–Crippen LogP) is 4.90. The van der Waals surface area contributed by atoms with E-state index in [0.29, 0.717) is 6.54 Å². The summed E-state index contributed by atoms with van der Waals surface area (Å²) in [7, 11) is 1.90. The Morgan fingerprint density at radius 3 is 2.36 bits per heavy atom. The van der Waals surface area contributed by atoms with Crippen LogP contribution in [-0.4, -0.2) is 37.1 Å². The maximum absolute atomic E-state index is 13.7. The monoisotopic (exact) mass is 491 g/mol. The molecular formula is C27H27F2N5O2. The van der Waals surface area contributed by atoms with Gasteiger partial charge in [0.15, 0.2) is 17.4 Å². The largest absolute Gasteiger partial charge is 0.503 e. The van der Waals surface area contributed by atoms with E-state index < -0.39 is 23.3 Å². The SMILES string of the molecule is Cn1cc(-c2ccc3cn(C45CCC(CNC(=O)c6cc(F)c(O)c(F)c6)(CC4)CC5)nc3c2)cn1. The van der Waals surface area contributed by atoms with Gasteiger partial charge in [0, 0.05) is 42.5 Å². The zero-order chi connectivity index (χ0) is 25.1. The van der Waals surface area contributed by atoms with Crippen molar-refractivity contribution in [2.75, 3.05) is 6.54 Å². The van der Waals surface area contributed by atoms with E-state index in [9.17, 15) is 18.7 Å². The van der Waals surface area contributed by atoms with Crippen LogP contribution in [0.25, 0.3) is 22.0 Å². The number of phenols is 1. The lowest BCUT2D eigenvalue weighted by Crippen LogP contribution is -2.51. The molecule has 7 nitrogen and oxygen atoms in total. The van der Waals surface area contributed by atoms with Gasteiger partial charge in [-0.3, -0.25) is 14.2 Å². The first kappa shape index (κ1) is 22.7. The van der Waals surface area contributed by atoms with Crippen LogP contribution in [0.15, 0.2) is 48.9 Å². The Labute approximate surface area is 206 Å². The van der Waals surface area contributed by atoms with E-state index in [1.807, 2.05) is 19.4 Å². The van der Waals surface area contributed by atoms with Gasteiger partial charge in [-0.2, -0.15) is 10.2 Å². The standard InChI is InChI=1S/C27H27F2N5O2/c1-33-14-20(13-31-33)17-2-3-18-15-34(32-23(18)12-17)27-7-4-26(5-8-27,6-9-27)16-30-25(36)19-10-21(28)24(35)22(29)11-19/h2-3,10-15,35H,4-9,16H2,1H3,(H,30,36). The topological polar surface area (TPSA) is 85.0 Å². The predicted molar refractivity (Wildman–Crippen MR) is 130 cm³/mol. The fourth-order valence-electron chi connectivity index (χ4n) is 5.93. The van der Waals surface area contributed by atoms with E-state index in [0.717, 1.165) is 72.7 Å². The molecule has 0 unspecified atom stereocenters. The second kappa shape index (κ2) is 8.15. The molecule has 36 heavy (non-hydrogen) atoms. The zero-order valence-corrected chi connectivity index (χ0v) is 20.0. The second-order valence-corrected chi connectivity index (χ2v) is 10.4. The molecule has 2 aromatic heterocycles. The summed E-state index contributed by atoms with van der Waals surface area (Å²) in [5, 5.41) is 22.5. The maximum atomic E-state index is 13.7. The van der Waals surface area contributed by atoms with Gasteiger partial charge in [-0.1, -0.05) is 12.1 Å². The fourth-order valence-corrected chi connectivity index (χ4v) is 5.93. The van der Waals surface area contributed by atoms with E-state index in [4.69, 9.17) is 5.10 Å². The highest BCUT2D eigenvalue weighted by Gasteiger charge is 2.50. The van der Waals surface area contributed by atoms with E-state index in [-0.39, 0.29) is 16.5 Å². The number of amides is 1. The van der Waals surface area contributed by atoms with Gasteiger partial charge in [-0.25, -0.2) is 8.78 Å². The van der Waals surface area contributed by atoms with Crippen molar-refractivity contribution in [2.24, 2.45) is 12.5 Å². The first-order valence-corrected chi connectivity index (χ1v) is 12.2. The van der Waals surface area contributed by atoms with Crippen molar-refractivity contribution in [3.63, 3.8) is 0 Å². The van der Waals surface area contributed by atoms with Gasteiger partial charge in [-0.05, 0) is 67.7 Å². The number of rotatable bonds is 5. The van der Waals surface area contributed by atoms with Gasteiger partial charge in [0.1, 0.15) is 0 Å². The number of aromatic nitrogens is 4. The van der Waals surface area contributed by atoms with Crippen LogP contribution >= 0.6 is 0 Å². The molecule has 2 heterocycles. The quantitative estimate of drug-likeness (QED) is 0.416. The Morgan fingerprint density at radius 1 is 1.03 bits per heavy atom. The third kappa shape index (κ3) is 3.73. The van der Waals surface area contributed by atoms with Gasteiger partial charge < -0.3 is 10.4 Å². The lowest BCUT2D eigenvalue weighted by Gasteiger charge is -2.53. The van der Waals surface area contributed by atoms with E-state index in [1.165, 1.54) is 0 Å². The summed E-state index contributed by atoms with van der Waals surface area (Å²) in [6, 6.07) is 8.04. The molecular weight excluding hydrogens is 464 g/mol. The Kier molecular flexibility index (Phi) is 5.14. The number of benzene rings is 2. The molecule has 2 bridgehead atoms. The van der Waals surface area contributed by atoms with Gasteiger partial charge in [-0.15, -0.1) is 0 Å². The highest BCUT2D eigenvalue weighted by Crippen LogP contribution is 2.55. The zero-order valence-electron chi connectivity index (χ0n) is 20.0. The number of carbonyl (C=O) groups excluding carboxylic acids is 1. The Morgan fingerprint density at radius 2 is 1.72 bits per heavy atom. The van der Waals surface area contributed by atoms with Crippen LogP contribution in [0.4, 0.5) is 8.78 Å². The summed E-state index contributed by atoms with van der Waals surface area (Å²) < 4.78 is 31.3. The number of fused-ring (bicyclic) bond motifs is 4. The molecule has 2 aromatic carbocycles. The number of hydrogen-bond acceptors (Lipinski definition) is 4. The molecule has 7 rings (SSSR count). The van der Waals surface area contributed by atoms with Crippen molar-refractivity contribution in [2.45, 2.75) is 44.1 Å². The lowest BCUT2D eigenvalue weighted by atomic mass is 9.57. The van der Waals surface area contributed by atoms with Gasteiger partial charge >= 0.3 is 0 Å². The first-order chi connectivity index (χ1) is 17.3. The highest BCUT2D eigenvalue weighted by atomic mass is 19.1. The number of aromatic hydroxyl groups is 1. The van der Waals surface area contributed by atoms with E-state index >= 15 is 0 Å². The summed E-state index contributed by atoms with van der Waals surface area (Å²) in [6.07, 6.45) is 11.7. The molecule has 0 radical (unpaired) electrons. The number of phenolic OH excluding ortho intramolecular Hbond substituents is 1. The average molecular weight is 492 g/mol. The third-order valence-electron chi connectivity index (χ3n) is 8.30. The number of aryl methyl sites for hydroxylation is 1. The van der Waals surface area contributed by atoms with Crippen LogP contribution in [0, 0.1) is 17.0 Å². The molecule has 0 saturated heterocycles. The molecule has 0 atom stereocenters.